The summed E-state index contributed by atoms with van der Waals surface area (Å²) in [5, 5.41) is 9.33. The number of nitrogens with zero attached hydrogens (tertiary/aromatic N) is 6. The average molecular weight is 561 g/mol. The minimum Gasteiger partial charge on any atom is -0.497 e. The first kappa shape index (κ1) is 27.8. The van der Waals surface area contributed by atoms with E-state index in [1.165, 1.54) is 6.07 Å². The molecular formula is C30H30F2N6O3. The number of carbonyl (C=O) groups is 1. The van der Waals surface area contributed by atoms with Gasteiger partial charge in [-0.1, -0.05) is 0 Å². The number of aryl methyl sites for hydroxylation is 1. The van der Waals surface area contributed by atoms with Crippen LogP contribution in [-0.4, -0.2) is 48.1 Å². The molecule has 1 aliphatic carbocycles. The van der Waals surface area contributed by atoms with Gasteiger partial charge in [0.05, 0.1) is 44.2 Å². The topological polar surface area (TPSA) is 96.5 Å². The largest absolute Gasteiger partial charge is 0.497 e. The third-order valence-corrected chi connectivity index (χ3v) is 7.24. The van der Waals surface area contributed by atoms with Crippen molar-refractivity contribution < 1.29 is 23.0 Å². The van der Waals surface area contributed by atoms with E-state index in [2.05, 4.69) is 4.98 Å². The van der Waals surface area contributed by atoms with Crippen molar-refractivity contribution in [2.45, 2.75) is 32.2 Å². The summed E-state index contributed by atoms with van der Waals surface area (Å²) in [6, 6.07) is 13.9. The molecule has 11 heteroatoms. The molecule has 0 aliphatic heterocycles. The molecule has 1 saturated carbocycles. The highest BCUT2D eigenvalue weighted by molar-refractivity contribution is 6.02. The van der Waals surface area contributed by atoms with Gasteiger partial charge in [-0.3, -0.25) is 9.69 Å². The predicted molar refractivity (Wildman–Crippen MR) is 151 cm³/mol. The summed E-state index contributed by atoms with van der Waals surface area (Å²) in [4.78, 5) is 26.5. The summed E-state index contributed by atoms with van der Waals surface area (Å²) in [6.45, 7) is 0.182. The van der Waals surface area contributed by atoms with Crippen LogP contribution in [0, 0.1) is 17.2 Å². The van der Waals surface area contributed by atoms with Crippen molar-refractivity contribution in [3.8, 4) is 17.6 Å². The van der Waals surface area contributed by atoms with Crippen molar-refractivity contribution in [3.05, 3.63) is 65.5 Å². The minimum absolute atomic E-state index is 0.0705. The maximum Gasteiger partial charge on any atom is 0.242 e. The van der Waals surface area contributed by atoms with Gasteiger partial charge < -0.3 is 18.9 Å². The Morgan fingerprint density at radius 3 is 2.59 bits per heavy atom. The van der Waals surface area contributed by atoms with Gasteiger partial charge in [0.15, 0.2) is 5.82 Å². The molecule has 0 saturated heterocycles. The van der Waals surface area contributed by atoms with Gasteiger partial charge >= 0.3 is 0 Å². The Morgan fingerprint density at radius 2 is 1.93 bits per heavy atom. The van der Waals surface area contributed by atoms with Gasteiger partial charge in [0.1, 0.15) is 22.8 Å². The van der Waals surface area contributed by atoms with E-state index >= 15 is 0 Å². The molecule has 0 radical (unpaired) electrons. The fourth-order valence-corrected chi connectivity index (χ4v) is 4.85. The van der Waals surface area contributed by atoms with Crippen LogP contribution in [0.4, 0.5) is 26.1 Å². The van der Waals surface area contributed by atoms with E-state index < -0.39 is 12.8 Å². The van der Waals surface area contributed by atoms with Gasteiger partial charge in [-0.25, -0.2) is 18.7 Å². The fourth-order valence-electron chi connectivity index (χ4n) is 4.85. The van der Waals surface area contributed by atoms with E-state index in [0.29, 0.717) is 45.5 Å². The number of pyridine rings is 1. The van der Waals surface area contributed by atoms with Crippen molar-refractivity contribution in [1.82, 2.24) is 14.5 Å². The number of halogens is 2. The van der Waals surface area contributed by atoms with E-state index in [0.717, 1.165) is 23.9 Å². The number of rotatable bonds is 10. The zero-order valence-corrected chi connectivity index (χ0v) is 23.3. The van der Waals surface area contributed by atoms with Crippen LogP contribution in [0.15, 0.2) is 48.8 Å². The second kappa shape index (κ2) is 11.4. The molecule has 0 atom stereocenters. The molecule has 0 bridgehead atoms. The Labute approximate surface area is 236 Å². The second-order valence-corrected chi connectivity index (χ2v) is 10.0. The number of hydrogen-bond acceptors (Lipinski definition) is 7. The molecule has 4 aromatic rings. The smallest absolute Gasteiger partial charge is 0.242 e. The number of hydrogen-bond donors (Lipinski definition) is 0. The van der Waals surface area contributed by atoms with Crippen LogP contribution < -0.4 is 19.3 Å². The molecular weight excluding hydrogens is 530 g/mol. The molecule has 2 aromatic heterocycles. The number of imidazole rings is 1. The zero-order chi connectivity index (χ0) is 29.3. The Morgan fingerprint density at radius 1 is 1.15 bits per heavy atom. The fraction of sp³-hybridized carbons (Fsp3) is 0.333. The number of carbonyl (C=O) groups excluding carboxylic acids is 1. The molecule has 1 aliphatic rings. The first-order chi connectivity index (χ1) is 19.7. The van der Waals surface area contributed by atoms with Crippen LogP contribution >= 0.6 is 0 Å². The maximum absolute atomic E-state index is 13.7. The summed E-state index contributed by atoms with van der Waals surface area (Å²) < 4.78 is 39.7. The van der Waals surface area contributed by atoms with Crippen LogP contribution in [0.25, 0.3) is 11.0 Å². The highest BCUT2D eigenvalue weighted by Gasteiger charge is 2.36. The third kappa shape index (κ3) is 5.63. The van der Waals surface area contributed by atoms with E-state index in [1.54, 1.807) is 61.7 Å². The van der Waals surface area contributed by atoms with Crippen LogP contribution in [-0.2, 0) is 24.8 Å². The standard InChI is InChI=1S/C30H30F2N6O3/c1-36-17-34-28-24(36)14-27(37(2)23-10-5-18(15-33)11-21(23)12-26(31)32)35-29(28)38(30(39)19-6-7-19)16-20-8-9-22(40-3)13-25(20)41-4/h5,8-11,13-14,17,19,26H,6-7,12,16H2,1-4H3. The number of anilines is 3. The summed E-state index contributed by atoms with van der Waals surface area (Å²) in [5.74, 6) is 1.81. The molecule has 1 amide bonds. The van der Waals surface area contributed by atoms with E-state index in [4.69, 9.17) is 14.5 Å². The van der Waals surface area contributed by atoms with Crippen molar-refractivity contribution in [2.24, 2.45) is 13.0 Å². The summed E-state index contributed by atoms with van der Waals surface area (Å²) in [5.41, 5.74) is 3.13. The number of ether oxygens (including phenoxy) is 2. The SMILES string of the molecule is COc1ccc(CN(C(=O)C2CC2)c2nc(N(C)c3ccc(C#N)cc3CC(F)F)cc3c2ncn3C)c(OC)c1. The Hall–Kier alpha value is -4.72. The first-order valence-electron chi connectivity index (χ1n) is 13.1. The van der Waals surface area contributed by atoms with Gasteiger partial charge in [0, 0.05) is 49.8 Å². The highest BCUT2D eigenvalue weighted by Crippen LogP contribution is 2.38. The molecule has 9 nitrogen and oxygen atoms in total. The van der Waals surface area contributed by atoms with Gasteiger partial charge in [-0.15, -0.1) is 0 Å². The first-order valence-corrected chi connectivity index (χ1v) is 13.1. The van der Waals surface area contributed by atoms with Crippen LogP contribution in [0.1, 0.15) is 29.5 Å². The number of nitriles is 1. The summed E-state index contributed by atoms with van der Waals surface area (Å²) >= 11 is 0. The Bertz CT molecular complexity index is 1640. The lowest BCUT2D eigenvalue weighted by molar-refractivity contribution is -0.119. The van der Waals surface area contributed by atoms with Gasteiger partial charge in [-0.2, -0.15) is 5.26 Å². The summed E-state index contributed by atoms with van der Waals surface area (Å²) in [7, 11) is 6.70. The zero-order valence-electron chi connectivity index (χ0n) is 23.3. The molecule has 2 heterocycles. The Balaban J connectivity index is 1.64. The van der Waals surface area contributed by atoms with Crippen molar-refractivity contribution in [2.75, 3.05) is 31.1 Å². The second-order valence-electron chi connectivity index (χ2n) is 10.0. The number of alkyl halides is 2. The molecule has 0 unspecified atom stereocenters. The number of aromatic nitrogens is 3. The lowest BCUT2D eigenvalue weighted by atomic mass is 10.1. The van der Waals surface area contributed by atoms with Crippen LogP contribution in [0.5, 0.6) is 11.5 Å². The molecule has 1 fully saturated rings. The monoisotopic (exact) mass is 560 g/mol. The Kier molecular flexibility index (Phi) is 7.75. The van der Waals surface area contributed by atoms with E-state index in [-0.39, 0.29) is 18.4 Å². The van der Waals surface area contributed by atoms with Gasteiger partial charge in [0.25, 0.3) is 0 Å². The van der Waals surface area contributed by atoms with Gasteiger partial charge in [-0.05, 0) is 48.7 Å². The minimum atomic E-state index is -2.59. The van der Waals surface area contributed by atoms with Gasteiger partial charge in [0.2, 0.25) is 12.3 Å². The van der Waals surface area contributed by atoms with Crippen LogP contribution in [0.2, 0.25) is 0 Å². The van der Waals surface area contributed by atoms with Crippen LogP contribution in [0.3, 0.4) is 0 Å². The normalized spacial score (nSPS) is 12.8. The molecule has 0 N–H and O–H groups in total. The maximum atomic E-state index is 13.7. The number of benzene rings is 2. The van der Waals surface area contributed by atoms with Crippen molar-refractivity contribution >= 4 is 34.3 Å². The molecule has 41 heavy (non-hydrogen) atoms. The molecule has 0 spiro atoms. The quantitative estimate of drug-likeness (QED) is 0.257. The third-order valence-electron chi connectivity index (χ3n) is 7.24. The lowest BCUT2D eigenvalue weighted by Gasteiger charge is -2.27. The molecule has 2 aromatic carbocycles. The predicted octanol–water partition coefficient (Wildman–Crippen LogP) is 5.38. The number of fused-ring (bicyclic) bond motifs is 1. The number of amides is 1. The van der Waals surface area contributed by atoms with E-state index in [1.807, 2.05) is 29.8 Å². The number of methoxy groups -OCH3 is 2. The van der Waals surface area contributed by atoms with Crippen molar-refractivity contribution in [1.29, 1.82) is 5.26 Å². The van der Waals surface area contributed by atoms with Crippen molar-refractivity contribution in [3.63, 3.8) is 0 Å². The lowest BCUT2D eigenvalue weighted by Crippen LogP contribution is -2.33. The van der Waals surface area contributed by atoms with E-state index in [9.17, 15) is 18.8 Å². The highest BCUT2D eigenvalue weighted by atomic mass is 19.3. The summed E-state index contributed by atoms with van der Waals surface area (Å²) in [6.07, 6.45) is 0.131. The average Bonchev–Trinajstić information content (AvgIpc) is 3.77. The molecule has 212 valence electrons. The molecule has 5 rings (SSSR count).